The summed E-state index contributed by atoms with van der Waals surface area (Å²) in [5.74, 6) is 1.34. The van der Waals surface area contributed by atoms with Crippen LogP contribution in [-0.2, 0) is 16.1 Å². The van der Waals surface area contributed by atoms with Gasteiger partial charge in [-0.15, -0.1) is 0 Å². The van der Waals surface area contributed by atoms with E-state index >= 15 is 0 Å². The van der Waals surface area contributed by atoms with Gasteiger partial charge >= 0.3 is 0 Å². The number of carbonyl (C=O) groups is 2. The average molecular weight is 340 g/mol. The van der Waals surface area contributed by atoms with Crippen molar-refractivity contribution in [1.82, 2.24) is 5.32 Å². The highest BCUT2D eigenvalue weighted by molar-refractivity contribution is 5.99. The summed E-state index contributed by atoms with van der Waals surface area (Å²) >= 11 is 0. The minimum absolute atomic E-state index is 0.0509. The number of anilines is 1. The number of carbonyl (C=O) groups excluding carboxylic acids is 2. The zero-order valence-corrected chi connectivity index (χ0v) is 13.3. The summed E-state index contributed by atoms with van der Waals surface area (Å²) in [6.07, 6.45) is -0.892. The average Bonchev–Trinajstić information content (AvgIpc) is 3.08. The Labute approximate surface area is 143 Å². The van der Waals surface area contributed by atoms with Crippen LogP contribution in [0.4, 0.5) is 5.69 Å². The molecule has 2 aromatic rings. The number of hydrogen-bond donors (Lipinski definition) is 2. The van der Waals surface area contributed by atoms with Gasteiger partial charge in [0.1, 0.15) is 5.75 Å². The molecule has 1 atom stereocenters. The van der Waals surface area contributed by atoms with E-state index < -0.39 is 6.10 Å². The van der Waals surface area contributed by atoms with Gasteiger partial charge in [-0.2, -0.15) is 0 Å². The van der Waals surface area contributed by atoms with Gasteiger partial charge in [0.25, 0.3) is 5.91 Å². The van der Waals surface area contributed by atoms with E-state index in [9.17, 15) is 9.59 Å². The number of ether oxygens (including phenoxy) is 3. The van der Waals surface area contributed by atoms with Crippen LogP contribution in [0.25, 0.3) is 0 Å². The van der Waals surface area contributed by atoms with Crippen molar-refractivity contribution in [3.8, 4) is 17.2 Å². The normalized spacial score (nSPS) is 17.3. The summed E-state index contributed by atoms with van der Waals surface area (Å²) in [7, 11) is 0. The van der Waals surface area contributed by atoms with E-state index in [0.717, 1.165) is 5.56 Å². The first-order valence-electron chi connectivity index (χ1n) is 7.91. The molecule has 0 radical (unpaired) electrons. The molecule has 25 heavy (non-hydrogen) atoms. The topological polar surface area (TPSA) is 85.9 Å². The molecular formula is C18H16N2O5. The summed E-state index contributed by atoms with van der Waals surface area (Å²) in [5.41, 5.74) is 1.50. The lowest BCUT2D eigenvalue weighted by molar-refractivity contribution is -0.130. The van der Waals surface area contributed by atoms with Crippen molar-refractivity contribution < 1.29 is 23.8 Å². The maximum Gasteiger partial charge on any atom is 0.266 e. The second kappa shape index (κ2) is 6.35. The van der Waals surface area contributed by atoms with Crippen molar-refractivity contribution in [3.63, 3.8) is 0 Å². The summed E-state index contributed by atoms with van der Waals surface area (Å²) in [4.78, 5) is 24.2. The van der Waals surface area contributed by atoms with Crippen molar-refractivity contribution >= 4 is 17.5 Å². The fraction of sp³-hybridized carbons (Fsp3) is 0.222. The van der Waals surface area contributed by atoms with E-state index in [1.54, 1.807) is 24.3 Å². The quantitative estimate of drug-likeness (QED) is 0.887. The van der Waals surface area contributed by atoms with E-state index in [-0.39, 0.29) is 25.0 Å². The van der Waals surface area contributed by atoms with Gasteiger partial charge in [-0.3, -0.25) is 9.59 Å². The van der Waals surface area contributed by atoms with Crippen molar-refractivity contribution in [2.45, 2.75) is 19.1 Å². The Balaban J connectivity index is 1.34. The first kappa shape index (κ1) is 15.3. The van der Waals surface area contributed by atoms with E-state index in [2.05, 4.69) is 10.6 Å². The largest absolute Gasteiger partial charge is 0.478 e. The molecule has 2 heterocycles. The zero-order valence-electron chi connectivity index (χ0n) is 13.3. The van der Waals surface area contributed by atoms with Gasteiger partial charge < -0.3 is 24.8 Å². The van der Waals surface area contributed by atoms with Crippen molar-refractivity contribution in [3.05, 3.63) is 48.0 Å². The molecule has 2 amide bonds. The second-order valence-electron chi connectivity index (χ2n) is 5.76. The van der Waals surface area contributed by atoms with Gasteiger partial charge in [-0.25, -0.2) is 0 Å². The number of para-hydroxylation sites is 2. The molecule has 0 saturated carbocycles. The van der Waals surface area contributed by atoms with Crippen LogP contribution < -0.4 is 24.8 Å². The lowest BCUT2D eigenvalue weighted by Gasteiger charge is -2.25. The molecule has 0 fully saturated rings. The summed E-state index contributed by atoms with van der Waals surface area (Å²) in [5, 5.41) is 5.53. The first-order chi connectivity index (χ1) is 12.2. The van der Waals surface area contributed by atoms with E-state index in [0.29, 0.717) is 29.5 Å². The van der Waals surface area contributed by atoms with E-state index in [1.165, 1.54) is 0 Å². The first-order valence-corrected chi connectivity index (χ1v) is 7.91. The molecule has 2 aromatic carbocycles. The molecule has 7 heteroatoms. The van der Waals surface area contributed by atoms with Gasteiger partial charge in [0, 0.05) is 6.54 Å². The minimum atomic E-state index is -0.841. The van der Waals surface area contributed by atoms with Crippen LogP contribution in [0, 0.1) is 0 Å². The van der Waals surface area contributed by atoms with E-state index in [1.807, 2.05) is 18.2 Å². The van der Waals surface area contributed by atoms with Crippen LogP contribution in [0.2, 0.25) is 0 Å². The van der Waals surface area contributed by atoms with Crippen LogP contribution in [0.3, 0.4) is 0 Å². The van der Waals surface area contributed by atoms with Crippen LogP contribution in [0.5, 0.6) is 17.2 Å². The Bertz CT molecular complexity index is 836. The molecule has 4 rings (SSSR count). The molecule has 0 aromatic heterocycles. The van der Waals surface area contributed by atoms with Gasteiger partial charge in [0.05, 0.1) is 12.1 Å². The Morgan fingerprint density at radius 3 is 2.88 bits per heavy atom. The Kier molecular flexibility index (Phi) is 3.89. The van der Waals surface area contributed by atoms with Gasteiger partial charge in [-0.05, 0) is 29.8 Å². The zero-order chi connectivity index (χ0) is 17.2. The molecule has 0 saturated heterocycles. The lowest BCUT2D eigenvalue weighted by atomic mass is 10.1. The summed E-state index contributed by atoms with van der Waals surface area (Å²) < 4.78 is 16.2. The summed E-state index contributed by atoms with van der Waals surface area (Å²) in [6.45, 7) is 0.543. The smallest absolute Gasteiger partial charge is 0.266 e. The lowest BCUT2D eigenvalue weighted by Crippen LogP contribution is -2.40. The molecule has 1 unspecified atom stereocenters. The summed E-state index contributed by atoms with van der Waals surface area (Å²) in [6, 6.07) is 12.6. The minimum Gasteiger partial charge on any atom is -0.478 e. The Morgan fingerprint density at radius 2 is 1.96 bits per heavy atom. The van der Waals surface area contributed by atoms with Crippen LogP contribution >= 0.6 is 0 Å². The third-order valence-electron chi connectivity index (χ3n) is 4.00. The third-order valence-corrected chi connectivity index (χ3v) is 4.00. The third kappa shape index (κ3) is 3.21. The number of nitrogens with one attached hydrogen (secondary N) is 2. The standard InChI is InChI=1S/C18H16N2O5/c21-17(19-9-11-5-6-14-15(7-11)24-10-23-14)8-16-18(22)20-12-3-1-2-4-13(12)25-16/h1-7,16H,8-10H2,(H,19,21)(H,20,22). The molecule has 0 spiro atoms. The highest BCUT2D eigenvalue weighted by atomic mass is 16.7. The fourth-order valence-corrected chi connectivity index (χ4v) is 2.72. The molecule has 2 N–H and O–H groups in total. The number of rotatable bonds is 4. The molecule has 0 aliphatic carbocycles. The molecule has 7 nitrogen and oxygen atoms in total. The molecule has 0 bridgehead atoms. The van der Waals surface area contributed by atoms with Crippen molar-refractivity contribution in [2.24, 2.45) is 0 Å². The second-order valence-corrected chi connectivity index (χ2v) is 5.76. The van der Waals surface area contributed by atoms with Crippen LogP contribution in [0.15, 0.2) is 42.5 Å². The van der Waals surface area contributed by atoms with Crippen molar-refractivity contribution in [1.29, 1.82) is 0 Å². The molecule has 2 aliphatic heterocycles. The maximum absolute atomic E-state index is 12.1. The van der Waals surface area contributed by atoms with Gasteiger partial charge in [-0.1, -0.05) is 18.2 Å². The van der Waals surface area contributed by atoms with Crippen LogP contribution in [0.1, 0.15) is 12.0 Å². The van der Waals surface area contributed by atoms with Crippen molar-refractivity contribution in [2.75, 3.05) is 12.1 Å². The molecule has 2 aliphatic rings. The van der Waals surface area contributed by atoms with E-state index in [4.69, 9.17) is 14.2 Å². The highest BCUT2D eigenvalue weighted by Crippen LogP contribution is 2.32. The predicted molar refractivity (Wildman–Crippen MR) is 88.5 cm³/mol. The monoisotopic (exact) mass is 340 g/mol. The van der Waals surface area contributed by atoms with Crippen LogP contribution in [-0.4, -0.2) is 24.7 Å². The highest BCUT2D eigenvalue weighted by Gasteiger charge is 2.29. The number of fused-ring (bicyclic) bond motifs is 2. The van der Waals surface area contributed by atoms with Gasteiger partial charge in [0.15, 0.2) is 17.6 Å². The number of hydrogen-bond acceptors (Lipinski definition) is 5. The number of benzene rings is 2. The SMILES string of the molecule is O=C(CC1Oc2ccccc2NC1=O)NCc1ccc2c(c1)OCO2. The predicted octanol–water partition coefficient (Wildman–Crippen LogP) is 1.82. The Hall–Kier alpha value is -3.22. The van der Waals surface area contributed by atoms with Gasteiger partial charge in [0.2, 0.25) is 12.7 Å². The maximum atomic E-state index is 12.1. The number of amides is 2. The molecular weight excluding hydrogens is 324 g/mol. The molecule has 128 valence electrons. The fourth-order valence-electron chi connectivity index (χ4n) is 2.72. The Morgan fingerprint density at radius 1 is 1.12 bits per heavy atom.